The third-order valence-electron chi connectivity index (χ3n) is 2.31. The van der Waals surface area contributed by atoms with E-state index in [2.05, 4.69) is 15.9 Å². The van der Waals surface area contributed by atoms with Crippen molar-refractivity contribution in [2.45, 2.75) is 26.4 Å². The zero-order valence-corrected chi connectivity index (χ0v) is 11.4. The van der Waals surface area contributed by atoms with Gasteiger partial charge >= 0.3 is 0 Å². The van der Waals surface area contributed by atoms with E-state index in [1.165, 1.54) is 0 Å². The van der Waals surface area contributed by atoms with Crippen LogP contribution in [0.3, 0.4) is 0 Å². The number of hydrogen-bond acceptors (Lipinski definition) is 3. The van der Waals surface area contributed by atoms with Crippen LogP contribution in [0.1, 0.15) is 31.9 Å². The van der Waals surface area contributed by atoms with Gasteiger partial charge in [-0.1, -0.05) is 6.92 Å². The lowest BCUT2D eigenvalue weighted by Crippen LogP contribution is -2.00. The maximum atomic E-state index is 9.78. The summed E-state index contributed by atoms with van der Waals surface area (Å²) in [5.41, 5.74) is 0.828. The second-order valence-corrected chi connectivity index (χ2v) is 4.25. The Morgan fingerprint density at radius 2 is 2.06 bits per heavy atom. The van der Waals surface area contributed by atoms with Crippen LogP contribution in [0.5, 0.6) is 11.5 Å². The number of aliphatic hydroxyl groups is 1. The SMILES string of the molecule is CCOc1c(Br)cc(C(O)CC)cc1OC. The summed E-state index contributed by atoms with van der Waals surface area (Å²) in [5, 5.41) is 9.78. The molecule has 0 radical (unpaired) electrons. The second kappa shape index (κ2) is 6.11. The van der Waals surface area contributed by atoms with E-state index in [0.717, 1.165) is 10.0 Å². The quantitative estimate of drug-likeness (QED) is 0.904. The van der Waals surface area contributed by atoms with Gasteiger partial charge in [-0.15, -0.1) is 0 Å². The van der Waals surface area contributed by atoms with Crippen LogP contribution in [0.15, 0.2) is 16.6 Å². The summed E-state index contributed by atoms with van der Waals surface area (Å²) in [6, 6.07) is 3.67. The molecule has 1 N–H and O–H groups in total. The Hall–Kier alpha value is -0.740. The molecule has 1 rings (SSSR count). The van der Waals surface area contributed by atoms with Gasteiger partial charge in [-0.05, 0) is 47.0 Å². The Morgan fingerprint density at radius 1 is 1.38 bits per heavy atom. The Kier molecular flexibility index (Phi) is 5.09. The van der Waals surface area contributed by atoms with Crippen LogP contribution in [0.4, 0.5) is 0 Å². The average molecular weight is 289 g/mol. The fourth-order valence-electron chi connectivity index (χ4n) is 1.45. The molecule has 0 aliphatic carbocycles. The highest BCUT2D eigenvalue weighted by Gasteiger charge is 2.14. The van der Waals surface area contributed by atoms with Crippen molar-refractivity contribution in [3.8, 4) is 11.5 Å². The molecule has 1 unspecified atom stereocenters. The summed E-state index contributed by atoms with van der Waals surface area (Å²) in [6.07, 6.45) is 0.199. The fourth-order valence-corrected chi connectivity index (χ4v) is 2.03. The molecule has 90 valence electrons. The molecular formula is C12H17BrO3. The molecule has 1 aromatic carbocycles. The summed E-state index contributed by atoms with van der Waals surface area (Å²) in [7, 11) is 1.59. The maximum Gasteiger partial charge on any atom is 0.175 e. The number of halogens is 1. The Bertz CT molecular complexity index is 352. The molecule has 16 heavy (non-hydrogen) atoms. The Balaban J connectivity index is 3.15. The van der Waals surface area contributed by atoms with Gasteiger partial charge in [-0.25, -0.2) is 0 Å². The van der Waals surface area contributed by atoms with Gasteiger partial charge in [0.15, 0.2) is 11.5 Å². The lowest BCUT2D eigenvalue weighted by Gasteiger charge is -2.15. The van der Waals surface area contributed by atoms with Crippen molar-refractivity contribution < 1.29 is 14.6 Å². The molecule has 1 atom stereocenters. The fraction of sp³-hybridized carbons (Fsp3) is 0.500. The van der Waals surface area contributed by atoms with Crippen molar-refractivity contribution in [2.75, 3.05) is 13.7 Å². The van der Waals surface area contributed by atoms with Gasteiger partial charge in [-0.3, -0.25) is 0 Å². The lowest BCUT2D eigenvalue weighted by atomic mass is 10.1. The Morgan fingerprint density at radius 3 is 2.56 bits per heavy atom. The molecule has 0 heterocycles. The standard InChI is InChI=1S/C12H17BrO3/c1-4-10(14)8-6-9(13)12(16-5-2)11(7-8)15-3/h6-7,10,14H,4-5H2,1-3H3. The van der Waals surface area contributed by atoms with Crippen LogP contribution in [0, 0.1) is 0 Å². The van der Waals surface area contributed by atoms with E-state index in [1.54, 1.807) is 7.11 Å². The van der Waals surface area contributed by atoms with E-state index >= 15 is 0 Å². The zero-order valence-electron chi connectivity index (χ0n) is 9.79. The molecule has 3 nitrogen and oxygen atoms in total. The van der Waals surface area contributed by atoms with Crippen LogP contribution in [-0.4, -0.2) is 18.8 Å². The largest absolute Gasteiger partial charge is 0.493 e. The van der Waals surface area contributed by atoms with Crippen LogP contribution >= 0.6 is 15.9 Å². The number of ether oxygens (including phenoxy) is 2. The summed E-state index contributed by atoms with van der Waals surface area (Å²) in [4.78, 5) is 0. The van der Waals surface area contributed by atoms with E-state index in [1.807, 2.05) is 26.0 Å². The summed E-state index contributed by atoms with van der Waals surface area (Å²) >= 11 is 3.42. The molecule has 0 aromatic heterocycles. The molecular weight excluding hydrogens is 272 g/mol. The van der Waals surface area contributed by atoms with Gasteiger partial charge in [0.05, 0.1) is 24.3 Å². The molecule has 0 bridgehead atoms. The molecule has 0 saturated heterocycles. The third-order valence-corrected chi connectivity index (χ3v) is 2.90. The highest BCUT2D eigenvalue weighted by Crippen LogP contribution is 2.38. The first-order valence-corrected chi connectivity index (χ1v) is 6.11. The number of methoxy groups -OCH3 is 1. The van der Waals surface area contributed by atoms with E-state index in [-0.39, 0.29) is 0 Å². The summed E-state index contributed by atoms with van der Waals surface area (Å²) in [6.45, 7) is 4.42. The van der Waals surface area contributed by atoms with Crippen molar-refractivity contribution >= 4 is 15.9 Å². The minimum atomic E-state index is -0.471. The smallest absolute Gasteiger partial charge is 0.175 e. The first-order chi connectivity index (χ1) is 7.63. The van der Waals surface area contributed by atoms with Gasteiger partial charge in [0.25, 0.3) is 0 Å². The topological polar surface area (TPSA) is 38.7 Å². The van der Waals surface area contributed by atoms with E-state index in [4.69, 9.17) is 9.47 Å². The monoisotopic (exact) mass is 288 g/mol. The Labute approximate surface area is 105 Å². The molecule has 0 amide bonds. The molecule has 4 heteroatoms. The predicted molar refractivity (Wildman–Crippen MR) is 67.1 cm³/mol. The van der Waals surface area contributed by atoms with E-state index in [0.29, 0.717) is 24.5 Å². The average Bonchev–Trinajstić information content (AvgIpc) is 2.30. The van der Waals surface area contributed by atoms with Crippen LogP contribution in [0.25, 0.3) is 0 Å². The van der Waals surface area contributed by atoms with Crippen molar-refractivity contribution in [1.29, 1.82) is 0 Å². The van der Waals surface area contributed by atoms with Gasteiger partial charge in [0.1, 0.15) is 0 Å². The summed E-state index contributed by atoms with van der Waals surface area (Å²) < 4.78 is 11.5. The van der Waals surface area contributed by atoms with Crippen LogP contribution in [-0.2, 0) is 0 Å². The van der Waals surface area contributed by atoms with E-state index in [9.17, 15) is 5.11 Å². The van der Waals surface area contributed by atoms with Gasteiger partial charge in [0.2, 0.25) is 0 Å². The number of benzene rings is 1. The molecule has 0 aliphatic heterocycles. The van der Waals surface area contributed by atoms with Crippen molar-refractivity contribution in [3.63, 3.8) is 0 Å². The molecule has 0 saturated carbocycles. The van der Waals surface area contributed by atoms with Crippen molar-refractivity contribution in [1.82, 2.24) is 0 Å². The van der Waals surface area contributed by atoms with Crippen molar-refractivity contribution in [2.24, 2.45) is 0 Å². The molecule has 1 aromatic rings. The van der Waals surface area contributed by atoms with Gasteiger partial charge in [0, 0.05) is 0 Å². The lowest BCUT2D eigenvalue weighted by molar-refractivity contribution is 0.173. The number of hydrogen-bond donors (Lipinski definition) is 1. The predicted octanol–water partition coefficient (Wildman–Crippen LogP) is 3.30. The molecule has 0 spiro atoms. The summed E-state index contributed by atoms with van der Waals surface area (Å²) in [5.74, 6) is 1.32. The number of aliphatic hydroxyl groups excluding tert-OH is 1. The zero-order chi connectivity index (χ0) is 12.1. The van der Waals surface area contributed by atoms with Gasteiger partial charge < -0.3 is 14.6 Å². The maximum absolute atomic E-state index is 9.78. The minimum absolute atomic E-state index is 0.471. The first-order valence-electron chi connectivity index (χ1n) is 5.32. The molecule has 0 aliphatic rings. The highest BCUT2D eigenvalue weighted by atomic mass is 79.9. The number of rotatable bonds is 5. The minimum Gasteiger partial charge on any atom is -0.493 e. The van der Waals surface area contributed by atoms with E-state index < -0.39 is 6.10 Å². The highest BCUT2D eigenvalue weighted by molar-refractivity contribution is 9.10. The first kappa shape index (κ1) is 13.3. The van der Waals surface area contributed by atoms with Gasteiger partial charge in [-0.2, -0.15) is 0 Å². The third kappa shape index (κ3) is 2.89. The molecule has 0 fully saturated rings. The second-order valence-electron chi connectivity index (χ2n) is 3.39. The van der Waals surface area contributed by atoms with Crippen LogP contribution in [0.2, 0.25) is 0 Å². The normalized spacial score (nSPS) is 12.3. The van der Waals surface area contributed by atoms with Crippen molar-refractivity contribution in [3.05, 3.63) is 22.2 Å². The van der Waals surface area contributed by atoms with Crippen LogP contribution < -0.4 is 9.47 Å².